The van der Waals surface area contributed by atoms with E-state index in [1.807, 2.05) is 55.5 Å². The Kier molecular flexibility index (Phi) is 4.62. The number of nitrogens with zero attached hydrogens (tertiary/aromatic N) is 2. The number of para-hydroxylation sites is 2. The number of imidazole rings is 1. The van der Waals surface area contributed by atoms with Gasteiger partial charge >= 0.3 is 6.03 Å². The predicted molar refractivity (Wildman–Crippen MR) is 103 cm³/mol. The maximum Gasteiger partial charge on any atom is 0.324 e. The Morgan fingerprint density at radius 2 is 1.89 bits per heavy atom. The number of fused-ring (bicyclic) bond motifs is 1. The lowest BCUT2D eigenvalue weighted by Gasteiger charge is -2.31. The zero-order valence-corrected chi connectivity index (χ0v) is 15.2. The number of hydrogen-bond donors (Lipinski definition) is 2. The lowest BCUT2D eigenvalue weighted by atomic mass is 10.00. The number of H-pyrrole nitrogens is 1. The van der Waals surface area contributed by atoms with Crippen molar-refractivity contribution in [2.45, 2.75) is 32.2 Å². The second kappa shape index (κ2) is 7.23. The van der Waals surface area contributed by atoms with Gasteiger partial charge in [-0.1, -0.05) is 42.0 Å². The number of imide groups is 1. The summed E-state index contributed by atoms with van der Waals surface area (Å²) in [6.45, 7) is 2.40. The number of benzene rings is 2. The lowest BCUT2D eigenvalue weighted by molar-refractivity contribution is -0.130. The van der Waals surface area contributed by atoms with Gasteiger partial charge in [0.15, 0.2) is 0 Å². The van der Waals surface area contributed by atoms with E-state index in [4.69, 9.17) is 0 Å². The number of urea groups is 1. The summed E-state index contributed by atoms with van der Waals surface area (Å²) in [5, 5.41) is 2.95. The second-order valence-corrected chi connectivity index (χ2v) is 6.97. The summed E-state index contributed by atoms with van der Waals surface area (Å²) in [5.41, 5.74) is 4.05. The molecule has 0 aliphatic carbocycles. The van der Waals surface area contributed by atoms with Crippen molar-refractivity contribution < 1.29 is 9.59 Å². The first-order chi connectivity index (χ1) is 13.1. The van der Waals surface area contributed by atoms with E-state index >= 15 is 0 Å². The molecule has 1 aromatic heterocycles. The molecule has 138 valence electrons. The van der Waals surface area contributed by atoms with Crippen LogP contribution in [-0.2, 0) is 11.2 Å². The number of aryl methyl sites for hydroxylation is 2. The number of aromatic amines is 1. The minimum absolute atomic E-state index is 0.131. The van der Waals surface area contributed by atoms with Gasteiger partial charge in [-0.25, -0.2) is 9.78 Å². The van der Waals surface area contributed by atoms with E-state index in [0.717, 1.165) is 28.0 Å². The quantitative estimate of drug-likeness (QED) is 0.729. The molecule has 1 aliphatic rings. The largest absolute Gasteiger partial charge is 0.342 e. The van der Waals surface area contributed by atoms with Crippen LogP contribution in [0.5, 0.6) is 0 Å². The fourth-order valence-electron chi connectivity index (χ4n) is 3.43. The molecule has 1 saturated heterocycles. The zero-order chi connectivity index (χ0) is 18.8. The average molecular weight is 362 g/mol. The molecular weight excluding hydrogens is 340 g/mol. The normalized spacial score (nSPS) is 17.4. The molecule has 3 aromatic rings. The summed E-state index contributed by atoms with van der Waals surface area (Å²) in [6, 6.07) is 15.2. The Balaban J connectivity index is 1.35. The van der Waals surface area contributed by atoms with Crippen LogP contribution in [0.15, 0.2) is 48.5 Å². The van der Waals surface area contributed by atoms with Crippen LogP contribution < -0.4 is 5.32 Å². The van der Waals surface area contributed by atoms with Gasteiger partial charge in [0.2, 0.25) is 5.91 Å². The van der Waals surface area contributed by atoms with Crippen LogP contribution in [0, 0.1) is 6.92 Å². The van der Waals surface area contributed by atoms with Crippen LogP contribution >= 0.6 is 0 Å². The Bertz CT molecular complexity index is 926. The van der Waals surface area contributed by atoms with Gasteiger partial charge in [-0.2, -0.15) is 0 Å². The van der Waals surface area contributed by atoms with Gasteiger partial charge < -0.3 is 10.3 Å². The molecule has 6 heteroatoms. The molecule has 27 heavy (non-hydrogen) atoms. The van der Waals surface area contributed by atoms with Crippen LogP contribution in [-0.4, -0.2) is 33.4 Å². The average Bonchev–Trinajstić information content (AvgIpc) is 3.07. The minimum atomic E-state index is -0.318. The van der Waals surface area contributed by atoms with E-state index < -0.39 is 0 Å². The van der Waals surface area contributed by atoms with Gasteiger partial charge in [-0.3, -0.25) is 9.69 Å². The number of amides is 3. The molecule has 3 amide bonds. The Labute approximate surface area is 157 Å². The third-order valence-electron chi connectivity index (χ3n) is 4.94. The Morgan fingerprint density at radius 1 is 1.11 bits per heavy atom. The molecule has 1 atom stereocenters. The van der Waals surface area contributed by atoms with E-state index in [1.54, 1.807) is 0 Å². The topological polar surface area (TPSA) is 78.1 Å². The van der Waals surface area contributed by atoms with Crippen molar-refractivity contribution in [2.24, 2.45) is 0 Å². The van der Waals surface area contributed by atoms with Crippen LogP contribution in [0.25, 0.3) is 11.0 Å². The molecule has 2 heterocycles. The zero-order valence-electron chi connectivity index (χ0n) is 15.2. The van der Waals surface area contributed by atoms with Crippen LogP contribution in [0.2, 0.25) is 0 Å². The van der Waals surface area contributed by atoms with Gasteiger partial charge in [-0.15, -0.1) is 0 Å². The number of aromatic nitrogens is 2. The number of hydrogen-bond acceptors (Lipinski definition) is 3. The number of rotatable bonds is 5. The summed E-state index contributed by atoms with van der Waals surface area (Å²) in [5.74, 6) is 0.743. The third-order valence-corrected chi connectivity index (χ3v) is 4.94. The lowest BCUT2D eigenvalue weighted by Crippen LogP contribution is -2.51. The van der Waals surface area contributed by atoms with Crippen molar-refractivity contribution in [1.82, 2.24) is 20.2 Å². The molecule has 6 nitrogen and oxygen atoms in total. The molecule has 0 spiro atoms. The van der Waals surface area contributed by atoms with Crippen molar-refractivity contribution in [3.63, 3.8) is 0 Å². The molecule has 0 saturated carbocycles. The van der Waals surface area contributed by atoms with Crippen molar-refractivity contribution >= 4 is 23.0 Å². The van der Waals surface area contributed by atoms with Gasteiger partial charge in [0, 0.05) is 13.0 Å². The number of carbonyl (C=O) groups excluding carboxylic acids is 2. The van der Waals surface area contributed by atoms with Crippen molar-refractivity contribution in [3.8, 4) is 0 Å². The fraction of sp³-hybridized carbons (Fsp3) is 0.286. The van der Waals surface area contributed by atoms with E-state index in [0.29, 0.717) is 25.8 Å². The highest BCUT2D eigenvalue weighted by Gasteiger charge is 2.32. The smallest absolute Gasteiger partial charge is 0.324 e. The van der Waals surface area contributed by atoms with E-state index in [-0.39, 0.29) is 18.0 Å². The first-order valence-corrected chi connectivity index (χ1v) is 9.21. The highest BCUT2D eigenvalue weighted by Crippen LogP contribution is 2.23. The molecular formula is C21H22N4O2. The van der Waals surface area contributed by atoms with Crippen LogP contribution in [0.3, 0.4) is 0 Å². The van der Waals surface area contributed by atoms with Crippen molar-refractivity contribution in [1.29, 1.82) is 0 Å². The van der Waals surface area contributed by atoms with Gasteiger partial charge in [0.1, 0.15) is 5.82 Å². The summed E-state index contributed by atoms with van der Waals surface area (Å²) >= 11 is 0. The Morgan fingerprint density at radius 3 is 2.63 bits per heavy atom. The molecule has 1 aliphatic heterocycles. The predicted octanol–water partition coefficient (Wildman–Crippen LogP) is 3.49. The third kappa shape index (κ3) is 3.69. The van der Waals surface area contributed by atoms with Gasteiger partial charge in [0.05, 0.1) is 23.5 Å². The summed E-state index contributed by atoms with van der Waals surface area (Å²) < 4.78 is 0. The standard InChI is InChI=1S/C21H22N4O2/c1-14-8-10-15(11-9-14)18-13-20(26)25(21(27)24-18)12-4-7-19-22-16-5-2-3-6-17(16)23-19/h2-3,5-6,8-11,18H,4,7,12-13H2,1H3,(H,22,23)(H,24,27). The van der Waals surface area contributed by atoms with E-state index in [2.05, 4.69) is 15.3 Å². The van der Waals surface area contributed by atoms with Crippen molar-refractivity contribution in [3.05, 3.63) is 65.5 Å². The van der Waals surface area contributed by atoms with Crippen molar-refractivity contribution in [2.75, 3.05) is 6.54 Å². The molecule has 1 unspecified atom stereocenters. The first-order valence-electron chi connectivity index (χ1n) is 9.21. The molecule has 0 bridgehead atoms. The monoisotopic (exact) mass is 362 g/mol. The Hall–Kier alpha value is -3.15. The summed E-state index contributed by atoms with van der Waals surface area (Å²) in [7, 11) is 0. The molecule has 2 aromatic carbocycles. The van der Waals surface area contributed by atoms with Gasteiger partial charge in [0.25, 0.3) is 0 Å². The fourth-order valence-corrected chi connectivity index (χ4v) is 3.43. The molecule has 1 fully saturated rings. The molecule has 4 rings (SSSR count). The first kappa shape index (κ1) is 17.3. The number of nitrogens with one attached hydrogen (secondary N) is 2. The van der Waals surface area contributed by atoms with Crippen LogP contribution in [0.1, 0.15) is 35.8 Å². The molecule has 0 radical (unpaired) electrons. The maximum atomic E-state index is 12.5. The van der Waals surface area contributed by atoms with E-state index in [9.17, 15) is 9.59 Å². The summed E-state index contributed by atoms with van der Waals surface area (Å²) in [4.78, 5) is 34.0. The maximum absolute atomic E-state index is 12.5. The highest BCUT2D eigenvalue weighted by atomic mass is 16.2. The minimum Gasteiger partial charge on any atom is -0.342 e. The van der Waals surface area contributed by atoms with Crippen LogP contribution in [0.4, 0.5) is 4.79 Å². The second-order valence-electron chi connectivity index (χ2n) is 6.97. The highest BCUT2D eigenvalue weighted by molar-refractivity contribution is 5.97. The van der Waals surface area contributed by atoms with E-state index in [1.165, 1.54) is 4.90 Å². The summed E-state index contributed by atoms with van der Waals surface area (Å²) in [6.07, 6.45) is 1.65. The molecule has 2 N–H and O–H groups in total. The number of carbonyl (C=O) groups is 2. The SMILES string of the molecule is Cc1ccc(C2CC(=O)N(CCCc3nc4ccccc4[nH]3)C(=O)N2)cc1. The van der Waals surface area contributed by atoms with Gasteiger partial charge in [-0.05, 0) is 31.0 Å².